The van der Waals surface area contributed by atoms with E-state index in [9.17, 15) is 8.42 Å². The number of rotatable bonds is 2. The molecule has 0 aromatic heterocycles. The van der Waals surface area contributed by atoms with E-state index in [0.29, 0.717) is 19.8 Å². The SMILES string of the molecule is CC1COCCN1S(=O)(=O)c1ccc(Br)cc1N. The summed E-state index contributed by atoms with van der Waals surface area (Å²) in [5.74, 6) is 0. The Bertz CT molecular complexity index is 547. The molecule has 0 aliphatic carbocycles. The van der Waals surface area contributed by atoms with Crippen LogP contribution in [0.2, 0.25) is 0 Å². The predicted octanol–water partition coefficient (Wildman–Crippen LogP) is 1.44. The molecular formula is C11H15BrN2O3S. The first-order valence-corrected chi connectivity index (χ1v) is 7.81. The van der Waals surface area contributed by atoms with Crippen molar-refractivity contribution in [2.24, 2.45) is 0 Å². The summed E-state index contributed by atoms with van der Waals surface area (Å²) in [5.41, 5.74) is 6.05. The number of morpholine rings is 1. The van der Waals surface area contributed by atoms with E-state index in [0.717, 1.165) is 4.47 Å². The van der Waals surface area contributed by atoms with Gasteiger partial charge < -0.3 is 10.5 Å². The fourth-order valence-electron chi connectivity index (χ4n) is 1.95. The minimum atomic E-state index is -3.55. The largest absolute Gasteiger partial charge is 0.398 e. The number of ether oxygens (including phenoxy) is 1. The molecule has 1 unspecified atom stereocenters. The summed E-state index contributed by atoms with van der Waals surface area (Å²) in [6, 6.07) is 4.62. The topological polar surface area (TPSA) is 72.6 Å². The number of anilines is 1. The van der Waals surface area contributed by atoms with Crippen molar-refractivity contribution in [1.29, 1.82) is 0 Å². The van der Waals surface area contributed by atoms with Gasteiger partial charge in [-0.1, -0.05) is 15.9 Å². The number of halogens is 1. The minimum absolute atomic E-state index is 0.152. The molecule has 0 bridgehead atoms. The van der Waals surface area contributed by atoms with E-state index in [1.807, 2.05) is 6.92 Å². The van der Waals surface area contributed by atoms with Crippen LogP contribution in [0.15, 0.2) is 27.6 Å². The summed E-state index contributed by atoms with van der Waals surface area (Å²) in [6.45, 7) is 3.01. The summed E-state index contributed by atoms with van der Waals surface area (Å²) in [4.78, 5) is 0.152. The van der Waals surface area contributed by atoms with Crippen LogP contribution in [0.25, 0.3) is 0 Å². The Hall–Kier alpha value is -0.630. The molecule has 0 amide bonds. The van der Waals surface area contributed by atoms with Crippen molar-refractivity contribution in [2.75, 3.05) is 25.5 Å². The van der Waals surface area contributed by atoms with Crippen molar-refractivity contribution in [3.63, 3.8) is 0 Å². The number of hydrogen-bond donors (Lipinski definition) is 1. The number of nitrogen functional groups attached to an aromatic ring is 1. The van der Waals surface area contributed by atoms with Crippen molar-refractivity contribution in [1.82, 2.24) is 4.31 Å². The zero-order valence-electron chi connectivity index (χ0n) is 9.97. The van der Waals surface area contributed by atoms with Gasteiger partial charge in [0.1, 0.15) is 4.90 Å². The second-order valence-corrected chi connectivity index (χ2v) is 7.00. The molecule has 1 aromatic carbocycles. The van der Waals surface area contributed by atoms with Crippen molar-refractivity contribution in [3.8, 4) is 0 Å². The summed E-state index contributed by atoms with van der Waals surface area (Å²) in [7, 11) is -3.55. The lowest BCUT2D eigenvalue weighted by Crippen LogP contribution is -2.47. The van der Waals surface area contributed by atoms with Gasteiger partial charge in [0.2, 0.25) is 10.0 Å². The van der Waals surface area contributed by atoms with E-state index in [1.165, 1.54) is 10.4 Å². The smallest absolute Gasteiger partial charge is 0.245 e. The standard InChI is InChI=1S/C11H15BrN2O3S/c1-8-7-17-5-4-14(8)18(15,16)11-3-2-9(12)6-10(11)13/h2-3,6,8H,4-5,7,13H2,1H3. The van der Waals surface area contributed by atoms with Crippen LogP contribution in [0.1, 0.15) is 6.92 Å². The first-order valence-electron chi connectivity index (χ1n) is 5.57. The normalized spacial score (nSPS) is 22.0. The molecule has 1 heterocycles. The van der Waals surface area contributed by atoms with Gasteiger partial charge in [0.15, 0.2) is 0 Å². The summed E-state index contributed by atoms with van der Waals surface area (Å²) in [6.07, 6.45) is 0. The van der Waals surface area contributed by atoms with Gasteiger partial charge in [-0.15, -0.1) is 0 Å². The average molecular weight is 335 g/mol. The highest BCUT2D eigenvalue weighted by atomic mass is 79.9. The molecule has 0 spiro atoms. The molecule has 2 N–H and O–H groups in total. The van der Waals surface area contributed by atoms with Crippen LogP contribution < -0.4 is 5.73 Å². The van der Waals surface area contributed by atoms with Gasteiger partial charge in [-0.2, -0.15) is 4.31 Å². The molecule has 5 nitrogen and oxygen atoms in total. The fourth-order valence-corrected chi connectivity index (χ4v) is 4.03. The predicted molar refractivity (Wildman–Crippen MR) is 72.7 cm³/mol. The van der Waals surface area contributed by atoms with Gasteiger partial charge in [-0.3, -0.25) is 0 Å². The molecule has 1 aromatic rings. The third-order valence-corrected chi connectivity index (χ3v) is 5.45. The number of benzene rings is 1. The highest BCUT2D eigenvalue weighted by molar-refractivity contribution is 9.10. The van der Waals surface area contributed by atoms with Gasteiger partial charge in [0, 0.05) is 17.1 Å². The highest BCUT2D eigenvalue weighted by Crippen LogP contribution is 2.27. The van der Waals surface area contributed by atoms with E-state index in [2.05, 4.69) is 15.9 Å². The zero-order chi connectivity index (χ0) is 13.3. The summed E-state index contributed by atoms with van der Waals surface area (Å²) in [5, 5.41) is 0. The second-order valence-electron chi connectivity index (χ2n) is 4.22. The summed E-state index contributed by atoms with van der Waals surface area (Å²) < 4.78 is 32.5. The number of sulfonamides is 1. The maximum atomic E-state index is 12.5. The molecule has 7 heteroatoms. The summed E-state index contributed by atoms with van der Waals surface area (Å²) >= 11 is 3.26. The van der Waals surface area contributed by atoms with Gasteiger partial charge in [0.05, 0.1) is 18.9 Å². The van der Waals surface area contributed by atoms with Crippen LogP contribution in [-0.2, 0) is 14.8 Å². The van der Waals surface area contributed by atoms with Crippen molar-refractivity contribution < 1.29 is 13.2 Å². The van der Waals surface area contributed by atoms with E-state index < -0.39 is 10.0 Å². The zero-order valence-corrected chi connectivity index (χ0v) is 12.4. The number of hydrogen-bond acceptors (Lipinski definition) is 4. The Labute approximate surface area is 115 Å². The monoisotopic (exact) mass is 334 g/mol. The molecule has 0 saturated carbocycles. The highest BCUT2D eigenvalue weighted by Gasteiger charge is 2.32. The Balaban J connectivity index is 2.41. The van der Waals surface area contributed by atoms with Crippen molar-refractivity contribution in [3.05, 3.63) is 22.7 Å². The van der Waals surface area contributed by atoms with E-state index in [4.69, 9.17) is 10.5 Å². The van der Waals surface area contributed by atoms with Crippen LogP contribution in [0, 0.1) is 0 Å². The van der Waals surface area contributed by atoms with Gasteiger partial charge in [0.25, 0.3) is 0 Å². The lowest BCUT2D eigenvalue weighted by Gasteiger charge is -2.32. The van der Waals surface area contributed by atoms with Gasteiger partial charge in [-0.25, -0.2) is 8.42 Å². The van der Waals surface area contributed by atoms with Gasteiger partial charge in [-0.05, 0) is 25.1 Å². The molecule has 1 atom stereocenters. The Morgan fingerprint density at radius 3 is 2.83 bits per heavy atom. The van der Waals surface area contributed by atoms with Crippen molar-refractivity contribution >= 4 is 31.6 Å². The first kappa shape index (κ1) is 13.8. The number of nitrogens with two attached hydrogens (primary N) is 1. The average Bonchev–Trinajstić information content (AvgIpc) is 2.28. The molecular weight excluding hydrogens is 320 g/mol. The molecule has 0 radical (unpaired) electrons. The van der Waals surface area contributed by atoms with Crippen molar-refractivity contribution in [2.45, 2.75) is 17.9 Å². The molecule has 1 aliphatic rings. The molecule has 1 saturated heterocycles. The second kappa shape index (κ2) is 5.16. The number of nitrogens with zero attached hydrogens (tertiary/aromatic N) is 1. The third kappa shape index (κ3) is 2.54. The Morgan fingerprint density at radius 1 is 1.50 bits per heavy atom. The first-order chi connectivity index (χ1) is 8.43. The lowest BCUT2D eigenvalue weighted by molar-refractivity contribution is 0.0393. The van der Waals surface area contributed by atoms with Crippen LogP contribution in [0.5, 0.6) is 0 Å². The van der Waals surface area contributed by atoms with Crippen LogP contribution >= 0.6 is 15.9 Å². The molecule has 1 aliphatic heterocycles. The fraction of sp³-hybridized carbons (Fsp3) is 0.455. The van der Waals surface area contributed by atoms with E-state index in [1.54, 1.807) is 12.1 Å². The lowest BCUT2D eigenvalue weighted by atomic mass is 10.3. The maximum absolute atomic E-state index is 12.5. The quantitative estimate of drug-likeness (QED) is 0.830. The van der Waals surface area contributed by atoms with E-state index >= 15 is 0 Å². The third-order valence-electron chi connectivity index (χ3n) is 2.87. The Morgan fingerprint density at radius 2 is 2.22 bits per heavy atom. The van der Waals surface area contributed by atoms with E-state index in [-0.39, 0.29) is 16.6 Å². The van der Waals surface area contributed by atoms with Crippen LogP contribution in [0.4, 0.5) is 5.69 Å². The van der Waals surface area contributed by atoms with Gasteiger partial charge >= 0.3 is 0 Å². The molecule has 100 valence electrons. The molecule has 1 fully saturated rings. The van der Waals surface area contributed by atoms with Crippen LogP contribution in [0.3, 0.4) is 0 Å². The van der Waals surface area contributed by atoms with Crippen LogP contribution in [-0.4, -0.2) is 38.5 Å². The Kier molecular flexibility index (Phi) is 3.96. The minimum Gasteiger partial charge on any atom is -0.398 e. The molecule has 2 rings (SSSR count). The molecule has 18 heavy (non-hydrogen) atoms. The maximum Gasteiger partial charge on any atom is 0.245 e.